The van der Waals surface area contributed by atoms with Crippen molar-refractivity contribution in [3.63, 3.8) is 0 Å². The lowest BCUT2D eigenvalue weighted by atomic mass is 10.2. The maximum Gasteiger partial charge on any atom is 0.273 e. The molecule has 0 bridgehead atoms. The van der Waals surface area contributed by atoms with Gasteiger partial charge in [0.25, 0.3) is 5.91 Å². The molecule has 0 atom stereocenters. The summed E-state index contributed by atoms with van der Waals surface area (Å²) in [6.07, 6.45) is 0. The van der Waals surface area contributed by atoms with Gasteiger partial charge in [-0.1, -0.05) is 23.7 Å². The van der Waals surface area contributed by atoms with Gasteiger partial charge < -0.3 is 9.80 Å². The minimum Gasteiger partial charge on any atom is -0.345 e. The zero-order valence-corrected chi connectivity index (χ0v) is 16.6. The van der Waals surface area contributed by atoms with Crippen LogP contribution in [0, 0.1) is 6.92 Å². The van der Waals surface area contributed by atoms with Crippen LogP contribution in [0.2, 0.25) is 5.02 Å². The fraction of sp³-hybridized carbons (Fsp3) is 0.278. The molecule has 1 fully saturated rings. The van der Waals surface area contributed by atoms with E-state index >= 15 is 0 Å². The highest BCUT2D eigenvalue weighted by atomic mass is 35.5. The number of benzene rings is 1. The van der Waals surface area contributed by atoms with Crippen LogP contribution in [0.5, 0.6) is 0 Å². The second-order valence-corrected chi connectivity index (χ2v) is 8.23. The molecule has 0 unspecified atom stereocenters. The number of thiazole rings is 2. The monoisotopic (exact) mass is 404 g/mol. The van der Waals surface area contributed by atoms with Crippen molar-refractivity contribution in [3.05, 3.63) is 51.4 Å². The van der Waals surface area contributed by atoms with Gasteiger partial charge in [-0.2, -0.15) is 0 Å². The Morgan fingerprint density at radius 3 is 2.62 bits per heavy atom. The van der Waals surface area contributed by atoms with Crippen molar-refractivity contribution < 1.29 is 4.79 Å². The minimum absolute atomic E-state index is 0.00972. The van der Waals surface area contributed by atoms with Gasteiger partial charge in [-0.25, -0.2) is 9.97 Å². The van der Waals surface area contributed by atoms with Crippen molar-refractivity contribution in [3.8, 4) is 10.6 Å². The van der Waals surface area contributed by atoms with Gasteiger partial charge in [0.1, 0.15) is 10.7 Å². The quantitative estimate of drug-likeness (QED) is 0.656. The van der Waals surface area contributed by atoms with E-state index in [0.717, 1.165) is 34.5 Å². The third kappa shape index (κ3) is 3.60. The molecule has 0 spiro atoms. The van der Waals surface area contributed by atoms with Crippen LogP contribution in [0.3, 0.4) is 0 Å². The molecular formula is C18H17ClN4OS2. The van der Waals surface area contributed by atoms with E-state index in [9.17, 15) is 4.79 Å². The van der Waals surface area contributed by atoms with E-state index in [2.05, 4.69) is 20.2 Å². The highest BCUT2D eigenvalue weighted by molar-refractivity contribution is 7.13. The molecule has 1 amide bonds. The summed E-state index contributed by atoms with van der Waals surface area (Å²) in [7, 11) is 0. The van der Waals surface area contributed by atoms with Gasteiger partial charge in [0, 0.05) is 47.5 Å². The summed E-state index contributed by atoms with van der Waals surface area (Å²) in [5.74, 6) is -0.00972. The van der Waals surface area contributed by atoms with Crippen molar-refractivity contribution in [1.82, 2.24) is 14.9 Å². The molecule has 2 aromatic heterocycles. The van der Waals surface area contributed by atoms with E-state index in [4.69, 9.17) is 11.6 Å². The predicted octanol–water partition coefficient (Wildman–Crippen LogP) is 4.19. The summed E-state index contributed by atoms with van der Waals surface area (Å²) in [5, 5.41) is 6.40. The Bertz CT molecular complexity index is 931. The Balaban J connectivity index is 1.43. The third-order valence-corrected chi connectivity index (χ3v) is 6.38. The van der Waals surface area contributed by atoms with Gasteiger partial charge in [0.2, 0.25) is 0 Å². The number of rotatable bonds is 3. The number of halogens is 1. The molecular weight excluding hydrogens is 388 g/mol. The molecule has 1 aromatic carbocycles. The molecule has 0 aliphatic carbocycles. The second-order valence-electron chi connectivity index (χ2n) is 6.10. The number of carbonyl (C=O) groups is 1. The van der Waals surface area contributed by atoms with E-state index in [1.54, 1.807) is 11.3 Å². The molecule has 3 aromatic rings. The number of nitrogens with zero attached hydrogens (tertiary/aromatic N) is 4. The Morgan fingerprint density at radius 2 is 1.92 bits per heavy atom. The summed E-state index contributed by atoms with van der Waals surface area (Å²) in [6, 6.07) is 7.53. The van der Waals surface area contributed by atoms with E-state index in [1.165, 1.54) is 11.3 Å². The second kappa shape index (κ2) is 7.34. The van der Waals surface area contributed by atoms with Crippen LogP contribution in [0.4, 0.5) is 5.13 Å². The molecule has 8 heteroatoms. The topological polar surface area (TPSA) is 49.3 Å². The fourth-order valence-corrected chi connectivity index (χ4v) is 4.71. The van der Waals surface area contributed by atoms with Gasteiger partial charge in [-0.15, -0.1) is 22.7 Å². The van der Waals surface area contributed by atoms with E-state index in [-0.39, 0.29) is 5.91 Å². The van der Waals surface area contributed by atoms with Crippen LogP contribution in [-0.2, 0) is 0 Å². The maximum absolute atomic E-state index is 12.8. The van der Waals surface area contributed by atoms with Crippen LogP contribution < -0.4 is 4.90 Å². The number of aromatic nitrogens is 2. The summed E-state index contributed by atoms with van der Waals surface area (Å²) >= 11 is 9.17. The van der Waals surface area contributed by atoms with Gasteiger partial charge in [-0.3, -0.25) is 4.79 Å². The zero-order chi connectivity index (χ0) is 18.1. The number of piperazine rings is 1. The van der Waals surface area contributed by atoms with Crippen LogP contribution >= 0.6 is 34.3 Å². The minimum atomic E-state index is -0.00972. The molecule has 0 radical (unpaired) electrons. The number of aryl methyl sites for hydroxylation is 1. The lowest BCUT2D eigenvalue weighted by Gasteiger charge is -2.34. The number of hydrogen-bond acceptors (Lipinski definition) is 6. The smallest absolute Gasteiger partial charge is 0.273 e. The standard InChI is InChI=1S/C18H17ClN4OS2/c1-12-10-26-18(20-12)23-7-5-22(6-8-23)17(24)15-11-25-16(21-15)13-3-2-4-14(19)9-13/h2-4,9-11H,5-8H2,1H3. The predicted molar refractivity (Wildman–Crippen MR) is 108 cm³/mol. The molecule has 3 heterocycles. The molecule has 0 N–H and O–H groups in total. The summed E-state index contributed by atoms with van der Waals surface area (Å²) < 4.78 is 0. The van der Waals surface area contributed by atoms with Gasteiger partial charge in [-0.05, 0) is 19.1 Å². The first kappa shape index (κ1) is 17.5. The van der Waals surface area contributed by atoms with Crippen LogP contribution in [-0.4, -0.2) is 47.0 Å². The van der Waals surface area contributed by atoms with Crippen molar-refractivity contribution in [2.75, 3.05) is 31.1 Å². The van der Waals surface area contributed by atoms with E-state index in [1.807, 2.05) is 41.5 Å². The van der Waals surface area contributed by atoms with Crippen molar-refractivity contribution in [2.24, 2.45) is 0 Å². The van der Waals surface area contributed by atoms with Crippen LogP contribution in [0.15, 0.2) is 35.0 Å². The fourth-order valence-electron chi connectivity index (χ4n) is 2.88. The van der Waals surface area contributed by atoms with Gasteiger partial charge >= 0.3 is 0 Å². The zero-order valence-electron chi connectivity index (χ0n) is 14.2. The van der Waals surface area contributed by atoms with Crippen molar-refractivity contribution >= 4 is 45.3 Å². The Hall–Kier alpha value is -1.96. The molecule has 5 nitrogen and oxygen atoms in total. The van der Waals surface area contributed by atoms with Gasteiger partial charge in [0.15, 0.2) is 5.13 Å². The first-order chi connectivity index (χ1) is 12.6. The number of amides is 1. The SMILES string of the molecule is Cc1csc(N2CCN(C(=O)c3csc(-c4cccc(Cl)c4)n3)CC2)n1. The molecule has 26 heavy (non-hydrogen) atoms. The van der Waals surface area contributed by atoms with Crippen molar-refractivity contribution in [1.29, 1.82) is 0 Å². The highest BCUT2D eigenvalue weighted by Gasteiger charge is 2.25. The lowest BCUT2D eigenvalue weighted by Crippen LogP contribution is -2.48. The van der Waals surface area contributed by atoms with Crippen molar-refractivity contribution in [2.45, 2.75) is 6.92 Å². The summed E-state index contributed by atoms with van der Waals surface area (Å²) in [5.41, 5.74) is 2.48. The van der Waals surface area contributed by atoms with Gasteiger partial charge in [0.05, 0.1) is 5.69 Å². The largest absolute Gasteiger partial charge is 0.345 e. The summed E-state index contributed by atoms with van der Waals surface area (Å²) in [4.78, 5) is 25.9. The van der Waals surface area contributed by atoms with E-state index < -0.39 is 0 Å². The molecule has 1 aliphatic heterocycles. The first-order valence-electron chi connectivity index (χ1n) is 8.28. The Labute approximate surface area is 164 Å². The maximum atomic E-state index is 12.8. The lowest BCUT2D eigenvalue weighted by molar-refractivity contribution is 0.0742. The summed E-state index contributed by atoms with van der Waals surface area (Å²) in [6.45, 7) is 4.95. The Morgan fingerprint density at radius 1 is 1.12 bits per heavy atom. The highest BCUT2D eigenvalue weighted by Crippen LogP contribution is 2.27. The molecule has 134 valence electrons. The van der Waals surface area contributed by atoms with Crippen LogP contribution in [0.1, 0.15) is 16.2 Å². The third-order valence-electron chi connectivity index (χ3n) is 4.24. The number of carbonyl (C=O) groups excluding carboxylic acids is 1. The average Bonchev–Trinajstić information content (AvgIpc) is 3.31. The molecule has 0 saturated carbocycles. The average molecular weight is 405 g/mol. The molecule has 4 rings (SSSR count). The Kier molecular flexibility index (Phi) is 4.93. The number of anilines is 1. The first-order valence-corrected chi connectivity index (χ1v) is 10.4. The number of hydrogen-bond donors (Lipinski definition) is 0. The van der Waals surface area contributed by atoms with Crippen LogP contribution in [0.25, 0.3) is 10.6 Å². The normalized spacial score (nSPS) is 14.7. The van der Waals surface area contributed by atoms with E-state index in [0.29, 0.717) is 23.8 Å². The molecule has 1 saturated heterocycles. The molecule has 1 aliphatic rings.